The number of anilines is 2. The van der Waals surface area contributed by atoms with Gasteiger partial charge < -0.3 is 5.11 Å². The largest absolute Gasteiger partial charge is 0.508 e. The van der Waals surface area contributed by atoms with Gasteiger partial charge in [0.2, 0.25) is 23.6 Å². The van der Waals surface area contributed by atoms with Crippen molar-refractivity contribution in [2.24, 2.45) is 29.6 Å². The smallest absolute Gasteiger partial charge is 0.416 e. The van der Waals surface area contributed by atoms with Crippen molar-refractivity contribution < 1.29 is 77.0 Å². The molecule has 7 nitrogen and oxygen atoms in total. The topological polar surface area (TPSA) is 95.0 Å². The first-order chi connectivity index (χ1) is 25.8. The number of benzene rings is 3. The fraction of sp³-hybridized carbons (Fsp3) is 0.333. The summed E-state index contributed by atoms with van der Waals surface area (Å²) in [5.41, 5.74) is -9.57. The van der Waals surface area contributed by atoms with Gasteiger partial charge in [-0.2, -0.15) is 52.7 Å². The molecule has 2 heterocycles. The molecule has 1 saturated carbocycles. The van der Waals surface area contributed by atoms with Crippen molar-refractivity contribution in [3.63, 3.8) is 0 Å². The first kappa shape index (κ1) is 39.2. The molecule has 4 aliphatic rings. The Kier molecular flexibility index (Phi) is 8.90. The molecule has 3 aromatic rings. The van der Waals surface area contributed by atoms with Crippen LogP contribution in [-0.2, 0) is 43.9 Å². The van der Waals surface area contributed by atoms with E-state index in [1.165, 1.54) is 12.1 Å². The van der Waals surface area contributed by atoms with Crippen LogP contribution < -0.4 is 9.80 Å². The monoisotopic (exact) mass is 824 g/mol. The van der Waals surface area contributed by atoms with Crippen LogP contribution >= 0.6 is 11.6 Å². The summed E-state index contributed by atoms with van der Waals surface area (Å²) in [6.07, 6.45) is -21.1. The predicted molar refractivity (Wildman–Crippen MR) is 169 cm³/mol. The summed E-state index contributed by atoms with van der Waals surface area (Å²) in [7, 11) is 0. The maximum Gasteiger partial charge on any atom is 0.416 e. The molecule has 6 atom stereocenters. The Morgan fingerprint density at radius 1 is 0.554 bits per heavy atom. The number of carbonyl (C=O) groups is 4. The molecule has 4 amide bonds. The van der Waals surface area contributed by atoms with E-state index in [4.69, 9.17) is 11.6 Å². The quantitative estimate of drug-likeness (QED) is 0.162. The standard InChI is InChI=1S/C36H21ClF12N2O5/c37-17-1-4-25(52)23(11-17)26-20-2-3-21-27(31(55)50(29(21)53)18-7-13(33(38,39)40)5-14(8-18)34(41,42)43)22(20)12-24-28(26)32(56)51(30(24)54)19-9-15(35(44,45)46)6-16(10-19)36(47,48)49/h1-2,4-11,21-22,24,26-28,52H,3,12H2/t21-,22+,24+,26+,27-,28+/m0/s1. The summed E-state index contributed by atoms with van der Waals surface area (Å²) < 4.78 is 165. The number of alkyl halides is 12. The molecule has 3 aromatic carbocycles. The van der Waals surface area contributed by atoms with Crippen LogP contribution in [0.4, 0.5) is 64.1 Å². The number of aromatic hydroxyl groups is 1. The fourth-order valence-corrected chi connectivity index (χ4v) is 8.54. The Morgan fingerprint density at radius 2 is 0.982 bits per heavy atom. The van der Waals surface area contributed by atoms with Gasteiger partial charge in [-0.25, -0.2) is 9.80 Å². The Labute approximate surface area is 311 Å². The molecule has 3 fully saturated rings. The summed E-state index contributed by atoms with van der Waals surface area (Å²) in [6, 6.07) is 3.74. The van der Waals surface area contributed by atoms with Gasteiger partial charge in [0.1, 0.15) is 5.75 Å². The molecule has 56 heavy (non-hydrogen) atoms. The van der Waals surface area contributed by atoms with Gasteiger partial charge in [-0.1, -0.05) is 23.3 Å². The average Bonchev–Trinajstić information content (AvgIpc) is 3.50. The van der Waals surface area contributed by atoms with Crippen LogP contribution in [-0.4, -0.2) is 28.7 Å². The van der Waals surface area contributed by atoms with Crippen molar-refractivity contribution in [3.8, 4) is 5.75 Å². The highest BCUT2D eigenvalue weighted by Gasteiger charge is 2.63. The fourth-order valence-electron chi connectivity index (χ4n) is 8.36. The van der Waals surface area contributed by atoms with Crippen molar-refractivity contribution >= 4 is 46.6 Å². The van der Waals surface area contributed by atoms with Crippen LogP contribution in [0.15, 0.2) is 66.2 Å². The second kappa shape index (κ2) is 12.7. The zero-order chi connectivity index (χ0) is 41.2. The number of halogens is 13. The highest BCUT2D eigenvalue weighted by atomic mass is 35.5. The third-order valence-corrected chi connectivity index (χ3v) is 10.9. The number of nitrogens with zero attached hydrogens (tertiary/aromatic N) is 2. The highest BCUT2D eigenvalue weighted by molar-refractivity contribution is 6.30. The van der Waals surface area contributed by atoms with Gasteiger partial charge in [0, 0.05) is 16.5 Å². The van der Waals surface area contributed by atoms with E-state index in [1.807, 2.05) is 0 Å². The minimum Gasteiger partial charge on any atom is -0.508 e. The molecule has 0 spiro atoms. The molecular formula is C36H21ClF12N2O5. The van der Waals surface area contributed by atoms with Crippen molar-refractivity contribution in [2.45, 2.75) is 43.5 Å². The molecule has 0 bridgehead atoms. The highest BCUT2D eigenvalue weighted by Crippen LogP contribution is 2.60. The van der Waals surface area contributed by atoms with Crippen molar-refractivity contribution in [2.75, 3.05) is 9.80 Å². The van der Waals surface area contributed by atoms with Crippen molar-refractivity contribution in [3.05, 3.63) is 99.1 Å². The van der Waals surface area contributed by atoms with E-state index < -0.39 is 130 Å². The number of hydrogen-bond donors (Lipinski definition) is 1. The van der Waals surface area contributed by atoms with Crippen LogP contribution in [0.25, 0.3) is 0 Å². The Balaban J connectivity index is 1.36. The van der Waals surface area contributed by atoms with Gasteiger partial charge >= 0.3 is 24.7 Å². The molecule has 2 saturated heterocycles. The lowest BCUT2D eigenvalue weighted by Crippen LogP contribution is -2.43. The number of amides is 4. The van der Waals surface area contributed by atoms with E-state index >= 15 is 0 Å². The lowest BCUT2D eigenvalue weighted by Gasteiger charge is -2.44. The number of phenolic OH excluding ortho intramolecular Hbond substituents is 1. The third kappa shape index (κ3) is 6.36. The first-order valence-corrected chi connectivity index (χ1v) is 16.7. The second-order valence-corrected chi connectivity index (χ2v) is 14.2. The maximum absolute atomic E-state index is 14.2. The number of phenols is 1. The SMILES string of the molecule is O=C1[C@H]2[C@H](CC=C3[C@H]2C[C@H]2C(=O)N(c4cc(C(F)(F)F)cc(C(F)(F)F)c4)C(=O)[C@H]2[C@H]3c2cc(Cl)ccc2O)C(=O)N1c1cc(C(F)(F)F)cc(C(F)(F)F)c1. The zero-order valence-corrected chi connectivity index (χ0v) is 28.3. The van der Waals surface area contributed by atoms with E-state index in [0.29, 0.717) is 0 Å². The summed E-state index contributed by atoms with van der Waals surface area (Å²) in [4.78, 5) is 56.5. The molecule has 0 radical (unpaired) electrons. The number of fused-ring (bicyclic) bond motifs is 4. The number of imide groups is 2. The Hall–Kier alpha value is -5.07. The Bertz CT molecular complexity index is 2180. The zero-order valence-electron chi connectivity index (χ0n) is 27.5. The predicted octanol–water partition coefficient (Wildman–Crippen LogP) is 9.17. The molecule has 20 heteroatoms. The van der Waals surface area contributed by atoms with Crippen LogP contribution in [0.1, 0.15) is 46.6 Å². The van der Waals surface area contributed by atoms with Crippen molar-refractivity contribution in [1.29, 1.82) is 0 Å². The molecular weight excluding hydrogens is 804 g/mol. The minimum absolute atomic E-state index is 0.0459. The van der Waals surface area contributed by atoms with Crippen LogP contribution in [0.2, 0.25) is 5.02 Å². The summed E-state index contributed by atoms with van der Waals surface area (Å²) in [5.74, 6) is -14.6. The summed E-state index contributed by atoms with van der Waals surface area (Å²) in [5, 5.41) is 10.9. The molecule has 7 rings (SSSR count). The Morgan fingerprint density at radius 3 is 1.43 bits per heavy atom. The summed E-state index contributed by atoms with van der Waals surface area (Å²) in [6.45, 7) is 0. The number of hydrogen-bond acceptors (Lipinski definition) is 5. The van der Waals surface area contributed by atoms with E-state index in [-0.39, 0.29) is 68.8 Å². The van der Waals surface area contributed by atoms with Gasteiger partial charge in [-0.15, -0.1) is 0 Å². The van der Waals surface area contributed by atoms with Gasteiger partial charge in [0.25, 0.3) is 0 Å². The number of rotatable bonds is 3. The lowest BCUT2D eigenvalue weighted by molar-refractivity contribution is -0.144. The molecule has 0 unspecified atom stereocenters. The van der Waals surface area contributed by atoms with Gasteiger partial charge in [-0.05, 0) is 73.4 Å². The first-order valence-electron chi connectivity index (χ1n) is 16.3. The molecule has 2 aliphatic carbocycles. The number of allylic oxidation sites excluding steroid dienone is 2. The maximum atomic E-state index is 14.2. The van der Waals surface area contributed by atoms with Gasteiger partial charge in [0.05, 0.1) is 57.3 Å². The van der Waals surface area contributed by atoms with Gasteiger partial charge in [0.15, 0.2) is 0 Å². The summed E-state index contributed by atoms with van der Waals surface area (Å²) >= 11 is 6.20. The average molecular weight is 825 g/mol. The lowest BCUT2D eigenvalue weighted by atomic mass is 9.57. The van der Waals surface area contributed by atoms with Crippen LogP contribution in [0, 0.1) is 29.6 Å². The molecule has 1 N–H and O–H groups in total. The van der Waals surface area contributed by atoms with Gasteiger partial charge in [-0.3, -0.25) is 19.2 Å². The normalized spacial score (nSPS) is 25.7. The van der Waals surface area contributed by atoms with Crippen LogP contribution in [0.5, 0.6) is 5.75 Å². The van der Waals surface area contributed by atoms with E-state index in [1.54, 1.807) is 0 Å². The third-order valence-electron chi connectivity index (χ3n) is 10.6. The molecule has 2 aliphatic heterocycles. The van der Waals surface area contributed by atoms with E-state index in [0.717, 1.165) is 12.1 Å². The van der Waals surface area contributed by atoms with Crippen LogP contribution in [0.3, 0.4) is 0 Å². The van der Waals surface area contributed by atoms with E-state index in [2.05, 4.69) is 0 Å². The number of carbonyl (C=O) groups excluding carboxylic acids is 4. The van der Waals surface area contributed by atoms with E-state index in [9.17, 15) is 77.0 Å². The minimum atomic E-state index is -5.37. The van der Waals surface area contributed by atoms with Crippen molar-refractivity contribution in [1.82, 2.24) is 0 Å². The molecule has 296 valence electrons. The second-order valence-electron chi connectivity index (χ2n) is 13.8. The molecule has 0 aromatic heterocycles.